The van der Waals surface area contributed by atoms with Crippen molar-refractivity contribution < 1.29 is 14.5 Å². The zero-order valence-corrected chi connectivity index (χ0v) is 13.8. The molecule has 1 aromatic carbocycles. The third-order valence-electron chi connectivity index (χ3n) is 3.98. The lowest BCUT2D eigenvalue weighted by molar-refractivity contribution is -0.384. The molecule has 0 amide bonds. The van der Waals surface area contributed by atoms with E-state index >= 15 is 0 Å². The topological polar surface area (TPSA) is 81.5 Å². The molecular weight excluding hydrogens is 320 g/mol. The Balaban J connectivity index is 1.71. The summed E-state index contributed by atoms with van der Waals surface area (Å²) >= 11 is 5.67. The number of alkyl halides is 1. The van der Waals surface area contributed by atoms with Gasteiger partial charge in [-0.1, -0.05) is 0 Å². The van der Waals surface area contributed by atoms with Crippen LogP contribution in [-0.4, -0.2) is 28.9 Å². The van der Waals surface area contributed by atoms with Crippen LogP contribution in [0.3, 0.4) is 0 Å². The van der Waals surface area contributed by atoms with Crippen LogP contribution in [0, 0.1) is 16.0 Å². The van der Waals surface area contributed by atoms with E-state index in [0.29, 0.717) is 17.8 Å². The Kier molecular flexibility index (Phi) is 6.36. The molecule has 0 aliphatic heterocycles. The molecule has 1 N–H and O–H groups in total. The minimum absolute atomic E-state index is 0.0202. The number of non-ortho nitro benzene ring substituents is 1. The van der Waals surface area contributed by atoms with Gasteiger partial charge >= 0.3 is 5.97 Å². The summed E-state index contributed by atoms with van der Waals surface area (Å²) in [6, 6.07) is 5.99. The number of hydrogen-bond acceptors (Lipinski definition) is 5. The van der Waals surface area contributed by atoms with Gasteiger partial charge < -0.3 is 10.1 Å². The van der Waals surface area contributed by atoms with Gasteiger partial charge in [0.05, 0.1) is 4.92 Å². The van der Waals surface area contributed by atoms with Gasteiger partial charge in [0, 0.05) is 24.1 Å². The molecule has 0 spiro atoms. The molecule has 0 aromatic heterocycles. The molecule has 1 fully saturated rings. The average molecular weight is 341 g/mol. The van der Waals surface area contributed by atoms with Gasteiger partial charge in [0.1, 0.15) is 12.6 Å². The zero-order valence-electron chi connectivity index (χ0n) is 13.0. The molecule has 0 radical (unpaired) electrons. The molecule has 0 bridgehead atoms. The van der Waals surface area contributed by atoms with E-state index in [4.69, 9.17) is 16.3 Å². The lowest BCUT2D eigenvalue weighted by Gasteiger charge is -2.13. The molecule has 7 heteroatoms. The van der Waals surface area contributed by atoms with Gasteiger partial charge in [0.15, 0.2) is 0 Å². The highest BCUT2D eigenvalue weighted by molar-refractivity contribution is 6.17. The second-order valence-electron chi connectivity index (χ2n) is 5.85. The fourth-order valence-corrected chi connectivity index (χ4v) is 2.65. The number of hydrogen-bond donors (Lipinski definition) is 1. The van der Waals surface area contributed by atoms with Crippen LogP contribution in [0.5, 0.6) is 0 Å². The van der Waals surface area contributed by atoms with E-state index in [9.17, 15) is 14.9 Å². The first-order valence-electron chi connectivity index (χ1n) is 7.73. The summed E-state index contributed by atoms with van der Waals surface area (Å²) in [5.41, 5.74) is 0.745. The highest BCUT2D eigenvalue weighted by Gasteiger charge is 2.38. The van der Waals surface area contributed by atoms with Crippen LogP contribution in [0.1, 0.15) is 31.7 Å². The summed E-state index contributed by atoms with van der Waals surface area (Å²) < 4.78 is 5.24. The van der Waals surface area contributed by atoms with Crippen LogP contribution in [0.15, 0.2) is 24.3 Å². The van der Waals surface area contributed by atoms with Crippen LogP contribution < -0.4 is 5.32 Å². The van der Waals surface area contributed by atoms with Crippen molar-refractivity contribution in [3.05, 3.63) is 39.9 Å². The van der Waals surface area contributed by atoms with Crippen molar-refractivity contribution in [3.63, 3.8) is 0 Å². The fourth-order valence-electron chi connectivity index (χ4n) is 2.49. The highest BCUT2D eigenvalue weighted by Crippen LogP contribution is 2.35. The summed E-state index contributed by atoms with van der Waals surface area (Å²) in [5.74, 6) is 0.973. The Morgan fingerprint density at radius 1 is 1.48 bits per heavy atom. The zero-order chi connectivity index (χ0) is 16.8. The van der Waals surface area contributed by atoms with Crippen LogP contribution >= 0.6 is 11.6 Å². The van der Waals surface area contributed by atoms with E-state index in [1.54, 1.807) is 19.1 Å². The lowest BCUT2D eigenvalue weighted by Crippen LogP contribution is -2.37. The van der Waals surface area contributed by atoms with E-state index in [-0.39, 0.29) is 24.3 Å². The summed E-state index contributed by atoms with van der Waals surface area (Å²) in [7, 11) is 0. The molecule has 1 aliphatic rings. The minimum atomic E-state index is -0.460. The number of carbonyl (C=O) groups is 1. The molecule has 2 rings (SSSR count). The summed E-state index contributed by atoms with van der Waals surface area (Å²) in [5, 5.41) is 13.8. The quantitative estimate of drug-likeness (QED) is 0.323. The molecule has 3 atom stereocenters. The third-order valence-corrected chi connectivity index (χ3v) is 4.24. The summed E-state index contributed by atoms with van der Waals surface area (Å²) in [4.78, 5) is 22.1. The van der Waals surface area contributed by atoms with Crippen molar-refractivity contribution in [2.75, 3.05) is 5.88 Å². The predicted octanol–water partition coefficient (Wildman–Crippen LogP) is 3.02. The minimum Gasteiger partial charge on any atom is -0.460 e. The van der Waals surface area contributed by atoms with Crippen LogP contribution in [-0.2, 0) is 16.1 Å². The second kappa shape index (κ2) is 8.26. The first-order chi connectivity index (χ1) is 11.0. The van der Waals surface area contributed by atoms with Crippen molar-refractivity contribution in [1.82, 2.24) is 5.32 Å². The van der Waals surface area contributed by atoms with Crippen molar-refractivity contribution in [2.24, 2.45) is 5.92 Å². The number of carbonyl (C=O) groups excluding carboxylic acids is 1. The number of halogens is 1. The molecule has 1 aromatic rings. The maximum atomic E-state index is 12.0. The SMILES string of the molecule is C[C@H](NC1CC1CCCCl)C(=O)OCc1ccc([N+](=O)[O-])cc1. The van der Waals surface area contributed by atoms with Gasteiger partial charge in [-0.05, 0) is 49.8 Å². The maximum absolute atomic E-state index is 12.0. The monoisotopic (exact) mass is 340 g/mol. The molecule has 126 valence electrons. The first kappa shape index (κ1) is 17.7. The molecule has 1 aliphatic carbocycles. The summed E-state index contributed by atoms with van der Waals surface area (Å²) in [6.07, 6.45) is 3.17. The fraction of sp³-hybridized carbons (Fsp3) is 0.562. The number of esters is 1. The van der Waals surface area contributed by atoms with Crippen molar-refractivity contribution >= 4 is 23.3 Å². The Morgan fingerprint density at radius 3 is 2.78 bits per heavy atom. The Hall–Kier alpha value is -1.66. The maximum Gasteiger partial charge on any atom is 0.323 e. The molecule has 2 unspecified atom stereocenters. The smallest absolute Gasteiger partial charge is 0.323 e. The largest absolute Gasteiger partial charge is 0.460 e. The number of rotatable bonds is 9. The normalized spacial score (nSPS) is 20.8. The van der Waals surface area contributed by atoms with Crippen LogP contribution in [0.25, 0.3) is 0 Å². The first-order valence-corrected chi connectivity index (χ1v) is 8.26. The molecule has 23 heavy (non-hydrogen) atoms. The molecule has 6 nitrogen and oxygen atoms in total. The van der Waals surface area contributed by atoms with Gasteiger partial charge in [-0.15, -0.1) is 11.6 Å². The van der Waals surface area contributed by atoms with E-state index in [2.05, 4.69) is 5.32 Å². The van der Waals surface area contributed by atoms with Gasteiger partial charge in [0.25, 0.3) is 5.69 Å². The number of ether oxygens (including phenoxy) is 1. The molecular formula is C16H21ClN2O4. The van der Waals surface area contributed by atoms with E-state index in [1.807, 2.05) is 0 Å². The number of nitrogens with zero attached hydrogens (tertiary/aromatic N) is 1. The number of nitro benzene ring substituents is 1. The van der Waals surface area contributed by atoms with Crippen LogP contribution in [0.4, 0.5) is 5.69 Å². The van der Waals surface area contributed by atoms with E-state index in [1.165, 1.54) is 12.1 Å². The third kappa shape index (κ3) is 5.48. The number of nitro groups is 1. The highest BCUT2D eigenvalue weighted by atomic mass is 35.5. The molecule has 0 saturated heterocycles. The number of nitrogens with one attached hydrogen (secondary N) is 1. The van der Waals surface area contributed by atoms with Gasteiger partial charge in [0.2, 0.25) is 0 Å². The second-order valence-corrected chi connectivity index (χ2v) is 6.23. The van der Waals surface area contributed by atoms with Gasteiger partial charge in [-0.25, -0.2) is 0 Å². The standard InChI is InChI=1S/C16H21ClN2O4/c1-11(18-15-9-13(15)3-2-8-17)16(20)23-10-12-4-6-14(7-5-12)19(21)22/h4-7,11,13,15,18H,2-3,8-10H2,1H3/t11-,13?,15?/m0/s1. The van der Waals surface area contributed by atoms with Gasteiger partial charge in [-0.2, -0.15) is 0 Å². The Bertz CT molecular complexity index is 550. The predicted molar refractivity (Wildman–Crippen MR) is 87.3 cm³/mol. The van der Waals surface area contributed by atoms with Gasteiger partial charge in [-0.3, -0.25) is 14.9 Å². The average Bonchev–Trinajstić information content (AvgIpc) is 3.28. The summed E-state index contributed by atoms with van der Waals surface area (Å²) in [6.45, 7) is 1.90. The Morgan fingerprint density at radius 2 is 2.17 bits per heavy atom. The Labute approximate surface area is 140 Å². The van der Waals surface area contributed by atoms with E-state index < -0.39 is 4.92 Å². The van der Waals surface area contributed by atoms with Crippen molar-refractivity contribution in [3.8, 4) is 0 Å². The van der Waals surface area contributed by atoms with E-state index in [0.717, 1.165) is 24.8 Å². The van der Waals surface area contributed by atoms with Crippen LogP contribution in [0.2, 0.25) is 0 Å². The lowest BCUT2D eigenvalue weighted by atomic mass is 10.2. The number of benzene rings is 1. The van der Waals surface area contributed by atoms with Crippen molar-refractivity contribution in [2.45, 2.75) is 44.9 Å². The van der Waals surface area contributed by atoms with Crippen molar-refractivity contribution in [1.29, 1.82) is 0 Å². The molecule has 0 heterocycles. The molecule has 1 saturated carbocycles.